The van der Waals surface area contributed by atoms with E-state index in [1.54, 1.807) is 12.4 Å². The summed E-state index contributed by atoms with van der Waals surface area (Å²) in [6, 6.07) is 2.03. The van der Waals surface area contributed by atoms with Gasteiger partial charge >= 0.3 is 5.69 Å². The summed E-state index contributed by atoms with van der Waals surface area (Å²) in [6.45, 7) is 8.42. The van der Waals surface area contributed by atoms with E-state index in [9.17, 15) is 14.4 Å². The Kier molecular flexibility index (Phi) is 5.47. The van der Waals surface area contributed by atoms with Gasteiger partial charge in [0.1, 0.15) is 6.33 Å². The van der Waals surface area contributed by atoms with Crippen molar-refractivity contribution in [3.8, 4) is 0 Å². The summed E-state index contributed by atoms with van der Waals surface area (Å²) in [5, 5.41) is 11.0. The van der Waals surface area contributed by atoms with Gasteiger partial charge in [0.2, 0.25) is 0 Å². The fourth-order valence-corrected chi connectivity index (χ4v) is 3.61. The number of aromatic amines is 1. The van der Waals surface area contributed by atoms with Gasteiger partial charge in [0.05, 0.1) is 17.5 Å². The molecule has 3 aromatic rings. The Bertz CT molecular complexity index is 1250. The lowest BCUT2D eigenvalue weighted by Gasteiger charge is -2.16. The number of fused-ring (bicyclic) bond motifs is 1. The lowest BCUT2D eigenvalue weighted by molar-refractivity contribution is 0.0950. The predicted octanol–water partition coefficient (Wildman–Crippen LogP) is 1.72. The monoisotopic (exact) mass is 425 g/mol. The summed E-state index contributed by atoms with van der Waals surface area (Å²) >= 11 is 0. The number of carbonyl (C=O) groups excluding carboxylic acids is 1. The SMILES string of the molecule is CC(C)Cn1c(=O)[nH]c(=O)c2c(C(=O)NCc3nncn3C3CC3)cc(C(C)C)nc21. The molecule has 1 saturated carbocycles. The van der Waals surface area contributed by atoms with E-state index in [4.69, 9.17) is 0 Å². The summed E-state index contributed by atoms with van der Waals surface area (Å²) in [7, 11) is 0. The Labute approximate surface area is 178 Å². The van der Waals surface area contributed by atoms with E-state index in [1.807, 2.05) is 32.3 Å². The van der Waals surface area contributed by atoms with Gasteiger partial charge in [0, 0.05) is 18.3 Å². The number of hydrogen-bond donors (Lipinski definition) is 2. The van der Waals surface area contributed by atoms with Crippen LogP contribution in [0.25, 0.3) is 11.0 Å². The third-order valence-electron chi connectivity index (χ3n) is 5.35. The molecule has 164 valence electrons. The van der Waals surface area contributed by atoms with Crippen molar-refractivity contribution in [1.82, 2.24) is 34.6 Å². The normalized spacial score (nSPS) is 14.0. The quantitative estimate of drug-likeness (QED) is 0.593. The third-order valence-corrected chi connectivity index (χ3v) is 5.35. The Balaban J connectivity index is 1.78. The minimum atomic E-state index is -0.617. The molecule has 0 aliphatic heterocycles. The molecule has 1 aliphatic carbocycles. The van der Waals surface area contributed by atoms with Gasteiger partial charge in [0.25, 0.3) is 11.5 Å². The molecule has 0 spiro atoms. The van der Waals surface area contributed by atoms with Crippen molar-refractivity contribution >= 4 is 16.9 Å². The molecule has 1 fully saturated rings. The van der Waals surface area contributed by atoms with E-state index >= 15 is 0 Å². The van der Waals surface area contributed by atoms with Crippen molar-refractivity contribution in [3.05, 3.63) is 50.3 Å². The number of hydrogen-bond acceptors (Lipinski definition) is 6. The summed E-state index contributed by atoms with van der Waals surface area (Å²) in [6.07, 6.45) is 3.83. The molecule has 0 bridgehead atoms. The van der Waals surface area contributed by atoms with Crippen molar-refractivity contribution in [2.24, 2.45) is 5.92 Å². The molecule has 0 aromatic carbocycles. The van der Waals surface area contributed by atoms with E-state index in [0.29, 0.717) is 24.1 Å². The number of nitrogens with one attached hydrogen (secondary N) is 2. The molecule has 3 heterocycles. The maximum absolute atomic E-state index is 13.2. The van der Waals surface area contributed by atoms with Crippen LogP contribution in [0.1, 0.15) is 74.4 Å². The molecular weight excluding hydrogens is 398 g/mol. The van der Waals surface area contributed by atoms with E-state index in [2.05, 4.69) is 25.5 Å². The fourth-order valence-electron chi connectivity index (χ4n) is 3.61. The van der Waals surface area contributed by atoms with Crippen molar-refractivity contribution < 1.29 is 4.79 Å². The van der Waals surface area contributed by atoms with Crippen LogP contribution < -0.4 is 16.6 Å². The topological polar surface area (TPSA) is 128 Å². The maximum Gasteiger partial charge on any atom is 0.330 e. The molecule has 0 atom stereocenters. The van der Waals surface area contributed by atoms with Gasteiger partial charge in [-0.2, -0.15) is 0 Å². The number of aromatic nitrogens is 6. The zero-order valence-corrected chi connectivity index (χ0v) is 18.2. The van der Waals surface area contributed by atoms with Gasteiger partial charge in [-0.15, -0.1) is 10.2 Å². The van der Waals surface area contributed by atoms with Gasteiger partial charge in [-0.25, -0.2) is 9.78 Å². The van der Waals surface area contributed by atoms with Crippen LogP contribution in [0.2, 0.25) is 0 Å². The number of carbonyl (C=O) groups is 1. The third kappa shape index (κ3) is 4.14. The van der Waals surface area contributed by atoms with Crippen LogP contribution in [0.15, 0.2) is 22.0 Å². The molecule has 10 heteroatoms. The standard InChI is InChI=1S/C21H27N7O3/c1-11(2)9-27-18-17(20(30)25-21(27)31)14(7-15(24-18)12(3)4)19(29)22-8-16-26-23-10-28(16)13-5-6-13/h7,10-13H,5-6,8-9H2,1-4H3,(H,22,29)(H,25,30,31). The van der Waals surface area contributed by atoms with Crippen LogP contribution in [0.5, 0.6) is 0 Å². The Hall–Kier alpha value is -3.30. The molecule has 3 aromatic heterocycles. The average molecular weight is 425 g/mol. The number of pyridine rings is 1. The highest BCUT2D eigenvalue weighted by Crippen LogP contribution is 2.35. The number of nitrogens with zero attached hydrogens (tertiary/aromatic N) is 5. The van der Waals surface area contributed by atoms with Crippen molar-refractivity contribution in [3.63, 3.8) is 0 Å². The first-order valence-corrected chi connectivity index (χ1v) is 10.6. The molecule has 0 unspecified atom stereocenters. The minimum Gasteiger partial charge on any atom is -0.345 e. The molecule has 2 N–H and O–H groups in total. The molecule has 0 radical (unpaired) electrons. The zero-order chi connectivity index (χ0) is 22.3. The smallest absolute Gasteiger partial charge is 0.330 e. The highest BCUT2D eigenvalue weighted by molar-refractivity contribution is 6.05. The fraction of sp³-hybridized carbons (Fsp3) is 0.524. The average Bonchev–Trinajstić information content (AvgIpc) is 3.45. The summed E-state index contributed by atoms with van der Waals surface area (Å²) < 4.78 is 3.41. The lowest BCUT2D eigenvalue weighted by atomic mass is 10.0. The first-order valence-electron chi connectivity index (χ1n) is 10.6. The van der Waals surface area contributed by atoms with Crippen LogP contribution in [-0.4, -0.2) is 35.2 Å². The van der Waals surface area contributed by atoms with Crippen LogP contribution in [0.4, 0.5) is 0 Å². The molecule has 1 aliphatic rings. The van der Waals surface area contributed by atoms with Crippen LogP contribution in [-0.2, 0) is 13.1 Å². The first-order chi connectivity index (χ1) is 14.8. The molecule has 1 amide bonds. The molecular formula is C21H27N7O3. The van der Waals surface area contributed by atoms with Gasteiger partial charge in [0.15, 0.2) is 11.5 Å². The molecule has 10 nitrogen and oxygen atoms in total. The van der Waals surface area contributed by atoms with E-state index in [-0.39, 0.29) is 35.0 Å². The maximum atomic E-state index is 13.2. The van der Waals surface area contributed by atoms with Crippen molar-refractivity contribution in [2.75, 3.05) is 0 Å². The highest BCUT2D eigenvalue weighted by atomic mass is 16.2. The Morgan fingerprint density at radius 1 is 1.26 bits per heavy atom. The minimum absolute atomic E-state index is 0.0100. The van der Waals surface area contributed by atoms with Crippen LogP contribution >= 0.6 is 0 Å². The van der Waals surface area contributed by atoms with E-state index in [1.165, 1.54) is 4.57 Å². The second kappa shape index (κ2) is 8.09. The summed E-state index contributed by atoms with van der Waals surface area (Å²) in [5.74, 6) is 0.419. The molecule has 4 rings (SSSR count). The first kappa shape index (κ1) is 21.0. The zero-order valence-electron chi connectivity index (χ0n) is 18.2. The van der Waals surface area contributed by atoms with Gasteiger partial charge < -0.3 is 9.88 Å². The predicted molar refractivity (Wildman–Crippen MR) is 115 cm³/mol. The number of amides is 1. The van der Waals surface area contributed by atoms with E-state index < -0.39 is 17.2 Å². The second-order valence-corrected chi connectivity index (χ2v) is 8.78. The van der Waals surface area contributed by atoms with Gasteiger partial charge in [-0.1, -0.05) is 27.7 Å². The Morgan fingerprint density at radius 3 is 2.65 bits per heavy atom. The van der Waals surface area contributed by atoms with Crippen LogP contribution in [0, 0.1) is 5.92 Å². The Morgan fingerprint density at radius 2 is 2.00 bits per heavy atom. The highest BCUT2D eigenvalue weighted by Gasteiger charge is 2.26. The van der Waals surface area contributed by atoms with Gasteiger partial charge in [-0.05, 0) is 30.7 Å². The number of H-pyrrole nitrogens is 1. The largest absolute Gasteiger partial charge is 0.345 e. The summed E-state index contributed by atoms with van der Waals surface area (Å²) in [5.41, 5.74) is -0.0659. The van der Waals surface area contributed by atoms with Crippen molar-refractivity contribution in [1.29, 1.82) is 0 Å². The lowest BCUT2D eigenvalue weighted by Crippen LogP contribution is -2.34. The summed E-state index contributed by atoms with van der Waals surface area (Å²) in [4.78, 5) is 45.3. The van der Waals surface area contributed by atoms with Crippen LogP contribution in [0.3, 0.4) is 0 Å². The van der Waals surface area contributed by atoms with Gasteiger partial charge in [-0.3, -0.25) is 19.1 Å². The van der Waals surface area contributed by atoms with Crippen molar-refractivity contribution in [2.45, 2.75) is 65.6 Å². The second-order valence-electron chi connectivity index (χ2n) is 8.78. The molecule has 0 saturated heterocycles. The molecule has 31 heavy (non-hydrogen) atoms. The van der Waals surface area contributed by atoms with E-state index in [0.717, 1.165) is 12.8 Å². The number of rotatable bonds is 7.